The highest BCUT2D eigenvalue weighted by Gasteiger charge is 2.15. The minimum Gasteiger partial charge on any atom is -0.508 e. The lowest BCUT2D eigenvalue weighted by atomic mass is 10.1. The van der Waals surface area contributed by atoms with Crippen LogP contribution in [-0.4, -0.2) is 19.5 Å². The molecule has 0 amide bonds. The van der Waals surface area contributed by atoms with Crippen molar-refractivity contribution in [2.24, 2.45) is 0 Å². The third-order valence-electron chi connectivity index (χ3n) is 3.93. The number of anilines is 2. The number of benzene rings is 2. The highest BCUT2D eigenvalue weighted by atomic mass is 79.9. The molecule has 0 atom stereocenters. The molecule has 0 unspecified atom stereocenters. The molecule has 0 aliphatic carbocycles. The van der Waals surface area contributed by atoms with Crippen LogP contribution in [-0.2, 0) is 0 Å². The maximum Gasteiger partial charge on any atom is 0.157 e. The molecular weight excluding hydrogens is 380 g/mol. The summed E-state index contributed by atoms with van der Waals surface area (Å²) >= 11 is 3.60. The quantitative estimate of drug-likeness (QED) is 0.517. The number of rotatable bonds is 3. The summed E-state index contributed by atoms with van der Waals surface area (Å²) in [5.41, 5.74) is 4.41. The van der Waals surface area contributed by atoms with Crippen molar-refractivity contribution in [1.82, 2.24) is 14.4 Å². The number of aryl methyl sites for hydroxylation is 1. The van der Waals surface area contributed by atoms with Gasteiger partial charge in [-0.05, 0) is 52.7 Å². The summed E-state index contributed by atoms with van der Waals surface area (Å²) in [4.78, 5) is 8.82. The Balaban J connectivity index is 1.90. The fraction of sp³-hybridized carbons (Fsp3) is 0.0526. The number of fused-ring (bicyclic) bond motifs is 1. The van der Waals surface area contributed by atoms with Gasteiger partial charge < -0.3 is 10.4 Å². The first kappa shape index (κ1) is 15.7. The zero-order valence-corrected chi connectivity index (χ0v) is 15.0. The number of nitrogens with one attached hydrogen (secondary N) is 1. The fourth-order valence-electron chi connectivity index (χ4n) is 2.73. The third kappa shape index (κ3) is 2.96. The normalized spacial score (nSPS) is 11.0. The molecule has 25 heavy (non-hydrogen) atoms. The predicted octanol–water partition coefficient (Wildman–Crippen LogP) is 4.92. The van der Waals surface area contributed by atoms with Crippen LogP contribution in [0.2, 0.25) is 0 Å². The van der Waals surface area contributed by atoms with Gasteiger partial charge in [-0.1, -0.05) is 18.2 Å². The van der Waals surface area contributed by atoms with E-state index in [9.17, 15) is 5.11 Å². The van der Waals surface area contributed by atoms with Gasteiger partial charge in [0.25, 0.3) is 0 Å². The Bertz CT molecular complexity index is 1070. The molecule has 2 N–H and O–H groups in total. The number of hydrogen-bond acceptors (Lipinski definition) is 4. The van der Waals surface area contributed by atoms with Gasteiger partial charge in [0.15, 0.2) is 5.65 Å². The molecule has 2 aromatic heterocycles. The zero-order chi connectivity index (χ0) is 17.4. The van der Waals surface area contributed by atoms with Crippen molar-refractivity contribution in [3.63, 3.8) is 0 Å². The van der Waals surface area contributed by atoms with E-state index in [0.717, 1.165) is 32.9 Å². The molecule has 6 heteroatoms. The summed E-state index contributed by atoms with van der Waals surface area (Å²) < 4.78 is 2.91. The Hall–Kier alpha value is -2.86. The van der Waals surface area contributed by atoms with E-state index in [1.807, 2.05) is 35.7 Å². The first-order valence-electron chi connectivity index (χ1n) is 7.76. The standard InChI is InChI=1S/C19H15BrN4O/c1-12-5-6-16(15(20)9-12)22-19-18(13-3-2-4-14(25)10-13)23-17-11-21-7-8-24(17)19/h2-11,22,25H,1H3. The molecule has 0 bridgehead atoms. The van der Waals surface area contributed by atoms with Crippen molar-refractivity contribution in [2.45, 2.75) is 6.92 Å². The highest BCUT2D eigenvalue weighted by molar-refractivity contribution is 9.10. The Morgan fingerprint density at radius 3 is 2.84 bits per heavy atom. The van der Waals surface area contributed by atoms with Crippen molar-refractivity contribution in [3.05, 3.63) is 71.1 Å². The first-order chi connectivity index (χ1) is 12.1. The lowest BCUT2D eigenvalue weighted by Crippen LogP contribution is -1.98. The smallest absolute Gasteiger partial charge is 0.157 e. The van der Waals surface area contributed by atoms with E-state index in [1.165, 1.54) is 5.56 Å². The van der Waals surface area contributed by atoms with Gasteiger partial charge in [-0.15, -0.1) is 0 Å². The van der Waals surface area contributed by atoms with Crippen molar-refractivity contribution >= 4 is 33.1 Å². The van der Waals surface area contributed by atoms with Crippen molar-refractivity contribution in [2.75, 3.05) is 5.32 Å². The fourth-order valence-corrected chi connectivity index (χ4v) is 3.32. The Morgan fingerprint density at radius 2 is 2.04 bits per heavy atom. The summed E-state index contributed by atoms with van der Waals surface area (Å²) in [6.07, 6.45) is 5.29. The maximum atomic E-state index is 9.83. The highest BCUT2D eigenvalue weighted by Crippen LogP contribution is 2.34. The number of hydrogen-bond donors (Lipinski definition) is 2. The second kappa shape index (κ2) is 6.22. The summed E-state index contributed by atoms with van der Waals surface area (Å²) in [5, 5.41) is 13.3. The van der Waals surface area contributed by atoms with Crippen LogP contribution in [0.15, 0.2) is 65.5 Å². The van der Waals surface area contributed by atoms with Crippen LogP contribution in [0, 0.1) is 6.92 Å². The average molecular weight is 395 g/mol. The van der Waals surface area contributed by atoms with Gasteiger partial charge in [0.2, 0.25) is 0 Å². The van der Waals surface area contributed by atoms with Gasteiger partial charge in [-0.3, -0.25) is 9.38 Å². The van der Waals surface area contributed by atoms with E-state index < -0.39 is 0 Å². The lowest BCUT2D eigenvalue weighted by Gasteiger charge is -2.11. The van der Waals surface area contributed by atoms with E-state index >= 15 is 0 Å². The van der Waals surface area contributed by atoms with Crippen molar-refractivity contribution in [3.8, 4) is 17.0 Å². The molecule has 0 radical (unpaired) electrons. The van der Waals surface area contributed by atoms with Crippen LogP contribution in [0.5, 0.6) is 5.75 Å². The molecule has 5 nitrogen and oxygen atoms in total. The summed E-state index contributed by atoms with van der Waals surface area (Å²) in [6, 6.07) is 13.2. The number of aromatic hydroxyl groups is 1. The van der Waals surface area contributed by atoms with E-state index in [-0.39, 0.29) is 5.75 Å². The predicted molar refractivity (Wildman–Crippen MR) is 102 cm³/mol. The van der Waals surface area contributed by atoms with E-state index in [4.69, 9.17) is 0 Å². The molecule has 0 aliphatic rings. The van der Waals surface area contributed by atoms with Gasteiger partial charge in [-0.2, -0.15) is 0 Å². The monoisotopic (exact) mass is 394 g/mol. The van der Waals surface area contributed by atoms with Gasteiger partial charge >= 0.3 is 0 Å². The zero-order valence-electron chi connectivity index (χ0n) is 13.4. The maximum absolute atomic E-state index is 9.83. The summed E-state index contributed by atoms with van der Waals surface area (Å²) in [5.74, 6) is 1.02. The van der Waals surface area contributed by atoms with Crippen molar-refractivity contribution in [1.29, 1.82) is 0 Å². The molecule has 0 saturated heterocycles. The number of nitrogens with zero attached hydrogens (tertiary/aromatic N) is 3. The molecule has 4 aromatic rings. The number of imidazole rings is 1. The van der Waals surface area contributed by atoms with Crippen LogP contribution < -0.4 is 5.32 Å². The topological polar surface area (TPSA) is 62.5 Å². The van der Waals surface area contributed by atoms with E-state index in [0.29, 0.717) is 0 Å². The first-order valence-corrected chi connectivity index (χ1v) is 8.56. The van der Waals surface area contributed by atoms with Gasteiger partial charge in [0, 0.05) is 22.4 Å². The molecule has 124 valence electrons. The third-order valence-corrected chi connectivity index (χ3v) is 4.58. The Labute approximate surface area is 153 Å². The number of phenols is 1. The van der Waals surface area contributed by atoms with E-state index in [2.05, 4.69) is 37.3 Å². The van der Waals surface area contributed by atoms with Gasteiger partial charge in [0.05, 0.1) is 11.9 Å². The minimum atomic E-state index is 0.204. The number of phenolic OH excluding ortho intramolecular Hbond substituents is 1. The van der Waals surface area contributed by atoms with Crippen LogP contribution in [0.1, 0.15) is 5.56 Å². The molecular formula is C19H15BrN4O. The molecule has 0 fully saturated rings. The summed E-state index contributed by atoms with van der Waals surface area (Å²) in [6.45, 7) is 2.05. The second-order valence-electron chi connectivity index (χ2n) is 5.77. The largest absolute Gasteiger partial charge is 0.508 e. The molecule has 2 heterocycles. The van der Waals surface area contributed by atoms with E-state index in [1.54, 1.807) is 30.6 Å². The number of halogens is 1. The molecule has 2 aromatic carbocycles. The number of aromatic nitrogens is 3. The SMILES string of the molecule is Cc1ccc(Nc2c(-c3cccc(O)c3)nc3cnccn23)c(Br)c1. The van der Waals surface area contributed by atoms with Gasteiger partial charge in [-0.25, -0.2) is 4.98 Å². The molecule has 0 saturated carbocycles. The minimum absolute atomic E-state index is 0.204. The molecule has 0 spiro atoms. The van der Waals surface area contributed by atoms with Crippen molar-refractivity contribution < 1.29 is 5.11 Å². The Morgan fingerprint density at radius 1 is 1.16 bits per heavy atom. The van der Waals surface area contributed by atoms with Crippen LogP contribution in [0.25, 0.3) is 16.9 Å². The molecule has 0 aliphatic heterocycles. The molecule has 4 rings (SSSR count). The van der Waals surface area contributed by atoms with Crippen LogP contribution >= 0.6 is 15.9 Å². The average Bonchev–Trinajstić information content (AvgIpc) is 2.96. The van der Waals surface area contributed by atoms with Crippen LogP contribution in [0.3, 0.4) is 0 Å². The second-order valence-corrected chi connectivity index (χ2v) is 6.63. The lowest BCUT2D eigenvalue weighted by molar-refractivity contribution is 0.475. The van der Waals surface area contributed by atoms with Crippen LogP contribution in [0.4, 0.5) is 11.5 Å². The Kier molecular flexibility index (Phi) is 3.89. The van der Waals surface area contributed by atoms with Gasteiger partial charge in [0.1, 0.15) is 17.3 Å². The summed E-state index contributed by atoms with van der Waals surface area (Å²) in [7, 11) is 0.